The van der Waals surface area contributed by atoms with E-state index in [1.807, 2.05) is 49.4 Å². The molecule has 0 fully saturated rings. The lowest BCUT2D eigenvalue weighted by Crippen LogP contribution is -2.13. The fourth-order valence-electron chi connectivity index (χ4n) is 1.91. The second-order valence-corrected chi connectivity index (χ2v) is 7.86. The number of hydrogen-bond acceptors (Lipinski definition) is 4. The first-order valence-corrected chi connectivity index (χ1v) is 9.26. The lowest BCUT2D eigenvalue weighted by molar-refractivity contribution is -0.113. The highest BCUT2D eigenvalue weighted by Gasteiger charge is 2.08. The molecule has 1 heterocycles. The number of fused-ring (bicyclic) bond motifs is 1. The lowest BCUT2D eigenvalue weighted by Gasteiger charge is -2.06. The Morgan fingerprint density at radius 1 is 1.32 bits per heavy atom. The number of aromatic nitrogens is 1. The van der Waals surface area contributed by atoms with Crippen molar-refractivity contribution in [2.45, 2.75) is 11.3 Å². The second-order valence-electron chi connectivity index (χ2n) is 4.75. The molecule has 1 N–H and O–H groups in total. The summed E-state index contributed by atoms with van der Waals surface area (Å²) < 4.78 is 3.05. The number of benzene rings is 2. The zero-order valence-electron chi connectivity index (χ0n) is 11.8. The summed E-state index contributed by atoms with van der Waals surface area (Å²) in [5, 5.41) is 2.90. The van der Waals surface area contributed by atoms with Crippen molar-refractivity contribution in [1.29, 1.82) is 0 Å². The van der Waals surface area contributed by atoms with Gasteiger partial charge in [0.05, 0.1) is 16.0 Å². The molecule has 0 aliphatic heterocycles. The van der Waals surface area contributed by atoms with E-state index in [9.17, 15) is 4.79 Å². The van der Waals surface area contributed by atoms with Crippen molar-refractivity contribution in [3.63, 3.8) is 0 Å². The zero-order valence-corrected chi connectivity index (χ0v) is 15.0. The number of para-hydroxylation sites is 1. The summed E-state index contributed by atoms with van der Waals surface area (Å²) in [6.45, 7) is 2.01. The van der Waals surface area contributed by atoms with Gasteiger partial charge in [-0.1, -0.05) is 45.9 Å². The summed E-state index contributed by atoms with van der Waals surface area (Å²) in [6.07, 6.45) is 0. The average Bonchev–Trinajstić information content (AvgIpc) is 2.92. The van der Waals surface area contributed by atoms with Crippen molar-refractivity contribution < 1.29 is 4.79 Å². The number of hydrogen-bond donors (Lipinski definition) is 1. The smallest absolute Gasteiger partial charge is 0.234 e. The third-order valence-electron chi connectivity index (χ3n) is 3.06. The van der Waals surface area contributed by atoms with Gasteiger partial charge in [0.25, 0.3) is 0 Å². The number of aryl methyl sites for hydroxylation is 1. The van der Waals surface area contributed by atoms with Gasteiger partial charge in [-0.3, -0.25) is 4.79 Å². The van der Waals surface area contributed by atoms with E-state index in [-0.39, 0.29) is 5.91 Å². The SMILES string of the molecule is Cc1ccc(NC(=O)CSc2nc3ccccc3s2)cc1Br. The van der Waals surface area contributed by atoms with Gasteiger partial charge >= 0.3 is 0 Å². The highest BCUT2D eigenvalue weighted by molar-refractivity contribution is 9.10. The molecular weight excluding hydrogens is 380 g/mol. The van der Waals surface area contributed by atoms with Gasteiger partial charge in [-0.25, -0.2) is 4.98 Å². The number of carbonyl (C=O) groups is 1. The molecule has 2 aromatic carbocycles. The van der Waals surface area contributed by atoms with Crippen LogP contribution in [0.25, 0.3) is 10.2 Å². The molecular formula is C16H13BrN2OS2. The van der Waals surface area contributed by atoms with Crippen molar-refractivity contribution in [2.24, 2.45) is 0 Å². The number of nitrogens with zero attached hydrogens (tertiary/aromatic N) is 1. The number of amides is 1. The monoisotopic (exact) mass is 392 g/mol. The molecule has 0 aliphatic carbocycles. The molecule has 0 unspecified atom stereocenters. The van der Waals surface area contributed by atoms with Crippen molar-refractivity contribution in [2.75, 3.05) is 11.1 Å². The molecule has 3 aromatic rings. The highest BCUT2D eigenvalue weighted by atomic mass is 79.9. The summed E-state index contributed by atoms with van der Waals surface area (Å²) >= 11 is 6.55. The van der Waals surface area contributed by atoms with E-state index in [4.69, 9.17) is 0 Å². The molecule has 1 amide bonds. The van der Waals surface area contributed by atoms with E-state index in [2.05, 4.69) is 26.2 Å². The van der Waals surface area contributed by atoms with Crippen LogP contribution in [0.4, 0.5) is 5.69 Å². The molecule has 0 aliphatic rings. The lowest BCUT2D eigenvalue weighted by atomic mass is 10.2. The predicted molar refractivity (Wildman–Crippen MR) is 97.9 cm³/mol. The van der Waals surface area contributed by atoms with Crippen LogP contribution in [0.5, 0.6) is 0 Å². The van der Waals surface area contributed by atoms with Crippen LogP contribution < -0.4 is 5.32 Å². The van der Waals surface area contributed by atoms with E-state index < -0.39 is 0 Å². The Labute approximate surface area is 145 Å². The van der Waals surface area contributed by atoms with Gasteiger partial charge in [-0.2, -0.15) is 0 Å². The number of nitrogens with one attached hydrogen (secondary N) is 1. The van der Waals surface area contributed by atoms with Crippen LogP contribution in [0.15, 0.2) is 51.3 Å². The minimum atomic E-state index is -0.0278. The van der Waals surface area contributed by atoms with Crippen LogP contribution in [0.3, 0.4) is 0 Å². The normalized spacial score (nSPS) is 10.8. The van der Waals surface area contributed by atoms with Gasteiger partial charge in [0.2, 0.25) is 5.91 Å². The first-order valence-electron chi connectivity index (χ1n) is 6.66. The highest BCUT2D eigenvalue weighted by Crippen LogP contribution is 2.29. The zero-order chi connectivity index (χ0) is 15.5. The van der Waals surface area contributed by atoms with E-state index in [0.717, 1.165) is 30.3 Å². The van der Waals surface area contributed by atoms with Crippen LogP contribution in [-0.2, 0) is 4.79 Å². The molecule has 0 saturated heterocycles. The van der Waals surface area contributed by atoms with Crippen LogP contribution in [0, 0.1) is 6.92 Å². The number of carbonyl (C=O) groups excluding carboxylic acids is 1. The summed E-state index contributed by atoms with van der Waals surface area (Å²) in [7, 11) is 0. The van der Waals surface area contributed by atoms with Crippen LogP contribution in [0.1, 0.15) is 5.56 Å². The Morgan fingerprint density at radius 2 is 2.14 bits per heavy atom. The predicted octanol–water partition coefficient (Wildman–Crippen LogP) is 5.10. The van der Waals surface area contributed by atoms with Crippen molar-refractivity contribution in [3.8, 4) is 0 Å². The molecule has 22 heavy (non-hydrogen) atoms. The summed E-state index contributed by atoms with van der Waals surface area (Å²) in [4.78, 5) is 16.5. The Morgan fingerprint density at radius 3 is 2.91 bits per heavy atom. The van der Waals surface area contributed by atoms with E-state index in [1.54, 1.807) is 11.3 Å². The van der Waals surface area contributed by atoms with Crippen molar-refractivity contribution >= 4 is 60.8 Å². The summed E-state index contributed by atoms with van der Waals surface area (Å²) in [5.41, 5.74) is 2.92. The largest absolute Gasteiger partial charge is 0.325 e. The van der Waals surface area contributed by atoms with Gasteiger partial charge in [0.15, 0.2) is 4.34 Å². The van der Waals surface area contributed by atoms with E-state index in [1.165, 1.54) is 11.8 Å². The van der Waals surface area contributed by atoms with Crippen LogP contribution in [0.2, 0.25) is 0 Å². The third kappa shape index (κ3) is 3.69. The van der Waals surface area contributed by atoms with E-state index in [0.29, 0.717) is 5.75 Å². The van der Waals surface area contributed by atoms with Gasteiger partial charge < -0.3 is 5.32 Å². The molecule has 3 nitrogen and oxygen atoms in total. The number of rotatable bonds is 4. The Kier molecular flexibility index (Phi) is 4.81. The maximum atomic E-state index is 12.0. The Hall–Kier alpha value is -1.37. The maximum absolute atomic E-state index is 12.0. The molecule has 0 saturated carbocycles. The molecule has 0 radical (unpaired) electrons. The molecule has 3 rings (SSSR count). The second kappa shape index (κ2) is 6.81. The first kappa shape index (κ1) is 15.5. The fraction of sp³-hybridized carbons (Fsp3) is 0.125. The average molecular weight is 393 g/mol. The Balaban J connectivity index is 1.60. The number of anilines is 1. The minimum Gasteiger partial charge on any atom is -0.325 e. The Bertz CT molecular complexity index is 799. The third-order valence-corrected chi connectivity index (χ3v) is 6.09. The van der Waals surface area contributed by atoms with Gasteiger partial charge in [0, 0.05) is 10.2 Å². The van der Waals surface area contributed by atoms with Crippen LogP contribution in [-0.4, -0.2) is 16.6 Å². The fourth-order valence-corrected chi connectivity index (χ4v) is 4.16. The maximum Gasteiger partial charge on any atom is 0.234 e. The van der Waals surface area contributed by atoms with Crippen molar-refractivity contribution in [1.82, 2.24) is 4.98 Å². The number of halogens is 1. The topological polar surface area (TPSA) is 42.0 Å². The molecule has 112 valence electrons. The van der Waals surface area contributed by atoms with E-state index >= 15 is 0 Å². The molecule has 0 spiro atoms. The minimum absolute atomic E-state index is 0.0278. The van der Waals surface area contributed by atoms with Gasteiger partial charge in [-0.15, -0.1) is 11.3 Å². The number of thiazole rings is 1. The first-order chi connectivity index (χ1) is 10.6. The quantitative estimate of drug-likeness (QED) is 0.628. The molecule has 6 heteroatoms. The molecule has 0 atom stereocenters. The summed E-state index contributed by atoms with van der Waals surface area (Å²) in [5.74, 6) is 0.325. The van der Waals surface area contributed by atoms with Gasteiger partial charge in [0.1, 0.15) is 0 Å². The van der Waals surface area contributed by atoms with Crippen LogP contribution >= 0.6 is 39.0 Å². The summed E-state index contributed by atoms with van der Waals surface area (Å²) in [6, 6.07) is 13.8. The standard InChI is InChI=1S/C16H13BrN2OS2/c1-10-6-7-11(8-12(10)17)18-15(20)9-21-16-19-13-4-2-3-5-14(13)22-16/h2-8H,9H2,1H3,(H,18,20). The van der Waals surface area contributed by atoms with Gasteiger partial charge in [-0.05, 0) is 36.8 Å². The van der Waals surface area contributed by atoms with Crippen molar-refractivity contribution in [3.05, 3.63) is 52.5 Å². The molecule has 1 aromatic heterocycles. The number of thioether (sulfide) groups is 1. The molecule has 0 bridgehead atoms.